The first-order chi connectivity index (χ1) is 4.34. The van der Waals surface area contributed by atoms with Crippen molar-refractivity contribution in [1.82, 2.24) is 9.55 Å². The number of anilines is 1. The number of allylic oxidation sites excluding steroid dienone is 1. The molecule has 3 nitrogen and oxygen atoms in total. The number of rotatable bonds is 1. The Bertz CT molecular complexity index is 212. The van der Waals surface area contributed by atoms with Gasteiger partial charge in [0, 0.05) is 6.20 Å². The third kappa shape index (κ3) is 1.10. The van der Waals surface area contributed by atoms with E-state index < -0.39 is 0 Å². The summed E-state index contributed by atoms with van der Waals surface area (Å²) in [6.07, 6.45) is 7.02. The first-order valence-electron chi connectivity index (χ1n) is 2.74. The van der Waals surface area contributed by atoms with Crippen LogP contribution in [0.5, 0.6) is 0 Å². The first kappa shape index (κ1) is 5.88. The van der Waals surface area contributed by atoms with Gasteiger partial charge in [-0.25, -0.2) is 4.98 Å². The Morgan fingerprint density at radius 2 is 2.56 bits per heavy atom. The Labute approximate surface area is 53.8 Å². The van der Waals surface area contributed by atoms with E-state index >= 15 is 0 Å². The van der Waals surface area contributed by atoms with Crippen molar-refractivity contribution in [2.24, 2.45) is 0 Å². The smallest absolute Gasteiger partial charge is 0.127 e. The highest BCUT2D eigenvalue weighted by molar-refractivity contribution is 5.37. The van der Waals surface area contributed by atoms with Gasteiger partial charge in [0.2, 0.25) is 0 Å². The van der Waals surface area contributed by atoms with E-state index in [0.717, 1.165) is 0 Å². The lowest BCUT2D eigenvalue weighted by Crippen LogP contribution is -1.91. The highest BCUT2D eigenvalue weighted by Gasteiger charge is 1.87. The number of hydrogen-bond donors (Lipinski definition) is 1. The first-order valence-corrected chi connectivity index (χ1v) is 2.74. The van der Waals surface area contributed by atoms with Crippen molar-refractivity contribution in [2.75, 3.05) is 5.73 Å². The van der Waals surface area contributed by atoms with E-state index in [9.17, 15) is 0 Å². The highest BCUT2D eigenvalue weighted by Crippen LogP contribution is 1.99. The van der Waals surface area contributed by atoms with E-state index in [1.54, 1.807) is 17.1 Å². The Morgan fingerprint density at radius 1 is 1.78 bits per heavy atom. The molecule has 1 heterocycles. The van der Waals surface area contributed by atoms with Gasteiger partial charge in [-0.05, 0) is 6.92 Å². The Balaban J connectivity index is 2.94. The molecule has 0 aliphatic carbocycles. The summed E-state index contributed by atoms with van der Waals surface area (Å²) in [7, 11) is 0. The monoisotopic (exact) mass is 123 g/mol. The molecule has 9 heavy (non-hydrogen) atoms. The third-order valence-electron chi connectivity index (χ3n) is 1.01. The third-order valence-corrected chi connectivity index (χ3v) is 1.01. The van der Waals surface area contributed by atoms with Gasteiger partial charge in [-0.2, -0.15) is 0 Å². The maximum absolute atomic E-state index is 5.48. The van der Waals surface area contributed by atoms with E-state index in [-0.39, 0.29) is 0 Å². The summed E-state index contributed by atoms with van der Waals surface area (Å²) in [6, 6.07) is 0. The van der Waals surface area contributed by atoms with Crippen LogP contribution < -0.4 is 5.73 Å². The summed E-state index contributed by atoms with van der Waals surface area (Å²) in [6.45, 7) is 1.93. The molecule has 0 aliphatic heterocycles. The number of nitrogen functional groups attached to an aromatic ring is 1. The second kappa shape index (κ2) is 2.35. The zero-order valence-electron chi connectivity index (χ0n) is 5.28. The van der Waals surface area contributed by atoms with Crippen LogP contribution in [0.25, 0.3) is 6.20 Å². The fourth-order valence-electron chi connectivity index (χ4n) is 0.600. The molecule has 0 spiro atoms. The number of aromatic nitrogens is 2. The molecule has 48 valence electrons. The van der Waals surface area contributed by atoms with Gasteiger partial charge in [0.25, 0.3) is 0 Å². The number of imidazole rings is 1. The van der Waals surface area contributed by atoms with E-state index in [4.69, 9.17) is 5.73 Å². The van der Waals surface area contributed by atoms with Crippen LogP contribution in [0.1, 0.15) is 6.92 Å². The maximum Gasteiger partial charge on any atom is 0.127 e. The molecule has 0 aliphatic rings. The van der Waals surface area contributed by atoms with Crippen molar-refractivity contribution in [2.45, 2.75) is 6.92 Å². The van der Waals surface area contributed by atoms with Crippen molar-refractivity contribution >= 4 is 12.0 Å². The lowest BCUT2D eigenvalue weighted by Gasteiger charge is -1.91. The van der Waals surface area contributed by atoms with E-state index in [2.05, 4.69) is 4.98 Å². The van der Waals surface area contributed by atoms with Crippen LogP contribution in [0, 0.1) is 0 Å². The summed E-state index contributed by atoms with van der Waals surface area (Å²) < 4.78 is 1.75. The average molecular weight is 123 g/mol. The van der Waals surface area contributed by atoms with Crippen molar-refractivity contribution in [3.05, 3.63) is 18.6 Å². The van der Waals surface area contributed by atoms with Crippen LogP contribution in [0.3, 0.4) is 0 Å². The molecular formula is C6H9N3. The van der Waals surface area contributed by atoms with Crippen molar-refractivity contribution < 1.29 is 0 Å². The fraction of sp³-hybridized carbons (Fsp3) is 0.167. The minimum Gasteiger partial charge on any atom is -0.384 e. The second-order valence-corrected chi connectivity index (χ2v) is 1.71. The molecule has 0 saturated heterocycles. The summed E-state index contributed by atoms with van der Waals surface area (Å²) >= 11 is 0. The normalized spacial score (nSPS) is 10.8. The zero-order chi connectivity index (χ0) is 6.69. The lowest BCUT2D eigenvalue weighted by molar-refractivity contribution is 1.14. The van der Waals surface area contributed by atoms with Gasteiger partial charge in [-0.1, -0.05) is 6.08 Å². The highest BCUT2D eigenvalue weighted by atomic mass is 15.1. The molecule has 0 saturated carbocycles. The number of nitrogens with two attached hydrogens (primary N) is 1. The summed E-state index contributed by atoms with van der Waals surface area (Å²) in [5.74, 6) is 0.660. The summed E-state index contributed by atoms with van der Waals surface area (Å²) in [5, 5.41) is 0. The Morgan fingerprint density at radius 3 is 3.00 bits per heavy atom. The van der Waals surface area contributed by atoms with Crippen molar-refractivity contribution in [1.29, 1.82) is 0 Å². The number of nitrogens with zero attached hydrogens (tertiary/aromatic N) is 2. The van der Waals surface area contributed by atoms with Crippen LogP contribution in [-0.4, -0.2) is 9.55 Å². The van der Waals surface area contributed by atoms with Crippen LogP contribution >= 0.6 is 0 Å². The zero-order valence-corrected chi connectivity index (χ0v) is 5.28. The van der Waals surface area contributed by atoms with Crippen molar-refractivity contribution in [3.8, 4) is 0 Å². The molecule has 0 amide bonds. The minimum absolute atomic E-state index is 0.660. The van der Waals surface area contributed by atoms with E-state index in [1.165, 1.54) is 0 Å². The quantitative estimate of drug-likeness (QED) is 0.604. The summed E-state index contributed by atoms with van der Waals surface area (Å²) in [5.41, 5.74) is 5.48. The molecule has 2 N–H and O–H groups in total. The molecule has 0 atom stereocenters. The van der Waals surface area contributed by atoms with Gasteiger partial charge >= 0.3 is 0 Å². The molecule has 0 fully saturated rings. The average Bonchev–Trinajstić information content (AvgIpc) is 2.18. The fourth-order valence-corrected chi connectivity index (χ4v) is 0.600. The van der Waals surface area contributed by atoms with Crippen LogP contribution in [0.4, 0.5) is 5.82 Å². The maximum atomic E-state index is 5.48. The van der Waals surface area contributed by atoms with Gasteiger partial charge in [-0.15, -0.1) is 0 Å². The number of hydrogen-bond acceptors (Lipinski definition) is 2. The topological polar surface area (TPSA) is 43.8 Å². The predicted molar refractivity (Wildman–Crippen MR) is 37.6 cm³/mol. The van der Waals surface area contributed by atoms with E-state index in [1.807, 2.05) is 19.2 Å². The Hall–Kier alpha value is -1.25. The van der Waals surface area contributed by atoms with Gasteiger partial charge in [-0.3, -0.25) is 4.57 Å². The Kier molecular flexibility index (Phi) is 1.53. The van der Waals surface area contributed by atoms with Crippen molar-refractivity contribution in [3.63, 3.8) is 0 Å². The van der Waals surface area contributed by atoms with E-state index in [0.29, 0.717) is 5.82 Å². The largest absolute Gasteiger partial charge is 0.384 e. The summed E-state index contributed by atoms with van der Waals surface area (Å²) in [4.78, 5) is 3.83. The standard InChI is InChI=1S/C6H9N3/c1-2-3-9-5-8-4-6(9)7/h2-5H,7H2,1H3/b3-2-. The molecule has 1 aromatic rings. The van der Waals surface area contributed by atoms with Gasteiger partial charge in [0.15, 0.2) is 0 Å². The molecule has 0 bridgehead atoms. The lowest BCUT2D eigenvalue weighted by atomic mass is 10.6. The molecule has 1 aromatic heterocycles. The SMILES string of the molecule is C/C=C\n1cncc1N. The molecule has 1 rings (SSSR count). The van der Waals surface area contributed by atoms with Gasteiger partial charge in [0.05, 0.1) is 6.20 Å². The van der Waals surface area contributed by atoms with Gasteiger partial charge < -0.3 is 5.73 Å². The molecule has 0 radical (unpaired) electrons. The molecule has 3 heteroatoms. The van der Waals surface area contributed by atoms with Crippen LogP contribution in [0.2, 0.25) is 0 Å². The van der Waals surface area contributed by atoms with Crippen LogP contribution in [0.15, 0.2) is 18.6 Å². The molecule has 0 aromatic carbocycles. The van der Waals surface area contributed by atoms with Crippen LogP contribution in [-0.2, 0) is 0 Å². The second-order valence-electron chi connectivity index (χ2n) is 1.71. The predicted octanol–water partition coefficient (Wildman–Crippen LogP) is 0.956. The molecule has 0 unspecified atom stereocenters. The minimum atomic E-state index is 0.660. The van der Waals surface area contributed by atoms with Gasteiger partial charge in [0.1, 0.15) is 12.1 Å². The molecular weight excluding hydrogens is 114 g/mol.